The predicted molar refractivity (Wildman–Crippen MR) is 94.9 cm³/mol. The zero-order chi connectivity index (χ0) is 19.0. The molecule has 1 aliphatic heterocycles. The van der Waals surface area contributed by atoms with E-state index in [1.807, 2.05) is 0 Å². The summed E-state index contributed by atoms with van der Waals surface area (Å²) in [6.07, 6.45) is -4.52. The number of alkyl halides is 3. The van der Waals surface area contributed by atoms with Gasteiger partial charge in [0.25, 0.3) is 5.91 Å². The maximum atomic E-state index is 13.2. The second-order valence-electron chi connectivity index (χ2n) is 6.15. The zero-order valence-corrected chi connectivity index (χ0v) is 14.0. The number of hydrogen-bond donors (Lipinski definition) is 0. The first-order valence-corrected chi connectivity index (χ1v) is 8.27. The molecule has 0 radical (unpaired) electrons. The zero-order valence-electron chi connectivity index (χ0n) is 14.0. The lowest BCUT2D eigenvalue weighted by molar-refractivity contribution is -0.137. The van der Waals surface area contributed by atoms with Gasteiger partial charge in [0.1, 0.15) is 5.75 Å². The van der Waals surface area contributed by atoms with Gasteiger partial charge >= 0.3 is 6.18 Å². The summed E-state index contributed by atoms with van der Waals surface area (Å²) in [5.41, 5.74) is 0.364. The minimum absolute atomic E-state index is 0.0925. The Morgan fingerprint density at radius 2 is 1.59 bits per heavy atom. The largest absolute Gasteiger partial charge is 0.455 e. The van der Waals surface area contributed by atoms with Crippen LogP contribution in [0.5, 0.6) is 11.5 Å². The van der Waals surface area contributed by atoms with E-state index in [1.165, 1.54) is 11.0 Å². The van der Waals surface area contributed by atoms with E-state index in [-0.39, 0.29) is 18.0 Å². The van der Waals surface area contributed by atoms with Gasteiger partial charge in [-0.05, 0) is 36.4 Å². The molecule has 1 amide bonds. The van der Waals surface area contributed by atoms with Crippen molar-refractivity contribution in [2.45, 2.75) is 12.7 Å². The highest BCUT2D eigenvalue weighted by Crippen LogP contribution is 2.42. The highest BCUT2D eigenvalue weighted by molar-refractivity contribution is 6.07. The number of halogens is 3. The second kappa shape index (κ2) is 6.46. The molecule has 0 aliphatic carbocycles. The Bertz CT molecular complexity index is 1000. The molecule has 27 heavy (non-hydrogen) atoms. The lowest BCUT2D eigenvalue weighted by atomic mass is 10.1. The van der Waals surface area contributed by atoms with E-state index in [1.54, 1.807) is 54.6 Å². The molecule has 0 saturated heterocycles. The quantitative estimate of drug-likeness (QED) is 0.554. The third-order valence-electron chi connectivity index (χ3n) is 4.36. The summed E-state index contributed by atoms with van der Waals surface area (Å²) >= 11 is 0. The molecule has 4 rings (SSSR count). The fraction of sp³-hybridized carbons (Fsp3) is 0.0952. The van der Waals surface area contributed by atoms with Crippen LogP contribution in [0.25, 0.3) is 0 Å². The maximum absolute atomic E-state index is 13.2. The molecule has 6 heteroatoms. The summed E-state index contributed by atoms with van der Waals surface area (Å²) < 4.78 is 45.5. The number of benzene rings is 3. The van der Waals surface area contributed by atoms with Gasteiger partial charge in [0.15, 0.2) is 5.75 Å². The van der Waals surface area contributed by atoms with Gasteiger partial charge in [0.2, 0.25) is 0 Å². The topological polar surface area (TPSA) is 29.5 Å². The first kappa shape index (κ1) is 17.1. The van der Waals surface area contributed by atoms with E-state index in [0.717, 1.165) is 12.1 Å². The molecule has 136 valence electrons. The van der Waals surface area contributed by atoms with Crippen molar-refractivity contribution in [3.8, 4) is 11.5 Å². The monoisotopic (exact) mass is 369 g/mol. The highest BCUT2D eigenvalue weighted by atomic mass is 19.4. The minimum atomic E-state index is -4.52. The first-order chi connectivity index (χ1) is 12.9. The molecule has 0 aromatic heterocycles. The molecule has 0 saturated carbocycles. The Labute approximate surface area is 153 Å². The van der Waals surface area contributed by atoms with Gasteiger partial charge < -0.3 is 9.64 Å². The van der Waals surface area contributed by atoms with Gasteiger partial charge in [-0.2, -0.15) is 13.2 Å². The molecule has 1 heterocycles. The SMILES string of the molecule is O=C(c1ccccc1)N1Cc2ccccc2Oc2ccc(C(F)(F)F)cc21. The molecule has 0 N–H and O–H groups in total. The molecule has 0 bridgehead atoms. The number of nitrogens with zero attached hydrogens (tertiary/aromatic N) is 1. The number of anilines is 1. The third kappa shape index (κ3) is 3.26. The van der Waals surface area contributed by atoms with Crippen molar-refractivity contribution >= 4 is 11.6 Å². The van der Waals surface area contributed by atoms with E-state index < -0.39 is 17.6 Å². The molecule has 0 atom stereocenters. The number of para-hydroxylation sites is 1. The summed E-state index contributed by atoms with van der Waals surface area (Å²) in [6.45, 7) is 0.109. The minimum Gasteiger partial charge on any atom is -0.455 e. The average Bonchev–Trinajstić information content (AvgIpc) is 2.83. The molecule has 3 nitrogen and oxygen atoms in total. The van der Waals surface area contributed by atoms with Gasteiger partial charge in [-0.1, -0.05) is 36.4 Å². The van der Waals surface area contributed by atoms with Crippen molar-refractivity contribution in [2.24, 2.45) is 0 Å². The Morgan fingerprint density at radius 3 is 2.33 bits per heavy atom. The van der Waals surface area contributed by atoms with Crippen molar-refractivity contribution in [2.75, 3.05) is 4.90 Å². The van der Waals surface area contributed by atoms with Crippen LogP contribution in [0.15, 0.2) is 72.8 Å². The van der Waals surface area contributed by atoms with Crippen LogP contribution in [-0.2, 0) is 12.7 Å². The standard InChI is InChI=1S/C21H14F3NO2/c22-21(23,24)16-10-11-19-17(12-16)25(20(26)14-6-2-1-3-7-14)13-15-8-4-5-9-18(15)27-19/h1-12H,13H2. The van der Waals surface area contributed by atoms with Crippen molar-refractivity contribution in [3.05, 3.63) is 89.5 Å². The molecule has 0 unspecified atom stereocenters. The second-order valence-corrected chi connectivity index (χ2v) is 6.15. The number of fused-ring (bicyclic) bond motifs is 2. The third-order valence-corrected chi connectivity index (χ3v) is 4.36. The molecule has 3 aromatic rings. The van der Waals surface area contributed by atoms with Crippen LogP contribution in [0, 0.1) is 0 Å². The molecule has 0 spiro atoms. The number of ether oxygens (including phenoxy) is 1. The highest BCUT2D eigenvalue weighted by Gasteiger charge is 2.34. The molecule has 0 fully saturated rings. The summed E-state index contributed by atoms with van der Waals surface area (Å²) in [7, 11) is 0. The Hall–Kier alpha value is -3.28. The molecule has 1 aliphatic rings. The summed E-state index contributed by atoms with van der Waals surface area (Å²) in [4.78, 5) is 14.4. The van der Waals surface area contributed by atoms with Gasteiger partial charge in [-0.15, -0.1) is 0 Å². The maximum Gasteiger partial charge on any atom is 0.416 e. The Kier molecular flexibility index (Phi) is 4.11. The lowest BCUT2D eigenvalue weighted by Gasteiger charge is -2.23. The number of hydrogen-bond acceptors (Lipinski definition) is 2. The van der Waals surface area contributed by atoms with E-state index in [0.29, 0.717) is 16.9 Å². The molecular formula is C21H14F3NO2. The van der Waals surface area contributed by atoms with Crippen LogP contribution >= 0.6 is 0 Å². The van der Waals surface area contributed by atoms with Gasteiger partial charge in [0, 0.05) is 11.1 Å². The van der Waals surface area contributed by atoms with Crippen molar-refractivity contribution < 1.29 is 22.7 Å². The Morgan fingerprint density at radius 1 is 0.889 bits per heavy atom. The molecular weight excluding hydrogens is 355 g/mol. The summed E-state index contributed by atoms with van der Waals surface area (Å²) in [5, 5.41) is 0. The first-order valence-electron chi connectivity index (χ1n) is 8.27. The van der Waals surface area contributed by atoms with E-state index in [2.05, 4.69) is 0 Å². The number of rotatable bonds is 1. The summed E-state index contributed by atoms with van der Waals surface area (Å²) in [6, 6.07) is 18.7. The number of carbonyl (C=O) groups excluding carboxylic acids is 1. The van der Waals surface area contributed by atoms with Gasteiger partial charge in [-0.25, -0.2) is 0 Å². The van der Waals surface area contributed by atoms with Crippen LogP contribution < -0.4 is 9.64 Å². The summed E-state index contributed by atoms with van der Waals surface area (Å²) in [5.74, 6) is 0.329. The van der Waals surface area contributed by atoms with E-state index in [4.69, 9.17) is 4.74 Å². The van der Waals surface area contributed by atoms with Crippen molar-refractivity contribution in [1.29, 1.82) is 0 Å². The van der Waals surface area contributed by atoms with E-state index >= 15 is 0 Å². The predicted octanol–water partition coefficient (Wildman–Crippen LogP) is 5.66. The Balaban J connectivity index is 1.87. The van der Waals surface area contributed by atoms with Crippen LogP contribution in [0.3, 0.4) is 0 Å². The van der Waals surface area contributed by atoms with Gasteiger partial charge in [-0.3, -0.25) is 4.79 Å². The lowest BCUT2D eigenvalue weighted by Crippen LogP contribution is -2.30. The van der Waals surface area contributed by atoms with E-state index in [9.17, 15) is 18.0 Å². The van der Waals surface area contributed by atoms with Crippen LogP contribution in [0.2, 0.25) is 0 Å². The fourth-order valence-corrected chi connectivity index (χ4v) is 3.02. The average molecular weight is 369 g/mol. The van der Waals surface area contributed by atoms with Crippen LogP contribution in [0.1, 0.15) is 21.5 Å². The van der Waals surface area contributed by atoms with Crippen LogP contribution in [-0.4, -0.2) is 5.91 Å². The van der Waals surface area contributed by atoms with Gasteiger partial charge in [0.05, 0.1) is 17.8 Å². The van der Waals surface area contributed by atoms with Crippen LogP contribution in [0.4, 0.5) is 18.9 Å². The van der Waals surface area contributed by atoms with Crippen molar-refractivity contribution in [3.63, 3.8) is 0 Å². The number of amides is 1. The number of carbonyl (C=O) groups is 1. The molecule has 3 aromatic carbocycles. The van der Waals surface area contributed by atoms with Crippen molar-refractivity contribution in [1.82, 2.24) is 0 Å². The normalized spacial score (nSPS) is 13.2. The fourth-order valence-electron chi connectivity index (χ4n) is 3.02. The smallest absolute Gasteiger partial charge is 0.416 e.